The molecule has 2 rings (SSSR count). The molecule has 7 heteroatoms. The second-order valence-corrected chi connectivity index (χ2v) is 5.89. The first-order chi connectivity index (χ1) is 11.4. The zero-order valence-electron chi connectivity index (χ0n) is 13.5. The molecule has 0 aliphatic rings. The fraction of sp³-hybridized carbons (Fsp3) is 0.235. The normalized spacial score (nSPS) is 11.5. The van der Waals surface area contributed by atoms with Gasteiger partial charge in [0.1, 0.15) is 17.5 Å². The van der Waals surface area contributed by atoms with Crippen LogP contribution in [0.15, 0.2) is 36.4 Å². The van der Waals surface area contributed by atoms with Crippen LogP contribution >= 0.6 is 23.2 Å². The highest BCUT2D eigenvalue weighted by Gasteiger charge is 2.17. The first-order valence-electron chi connectivity index (χ1n) is 7.19. The van der Waals surface area contributed by atoms with Gasteiger partial charge in [-0.2, -0.15) is 0 Å². The van der Waals surface area contributed by atoms with E-state index in [-0.39, 0.29) is 5.91 Å². The van der Waals surface area contributed by atoms with E-state index in [1.807, 2.05) is 0 Å². The van der Waals surface area contributed by atoms with Crippen molar-refractivity contribution >= 4 is 40.5 Å². The molecule has 0 spiro atoms. The van der Waals surface area contributed by atoms with Crippen LogP contribution < -0.4 is 20.1 Å². The van der Waals surface area contributed by atoms with Gasteiger partial charge in [-0.25, -0.2) is 0 Å². The van der Waals surface area contributed by atoms with Crippen LogP contribution in [-0.2, 0) is 4.79 Å². The summed E-state index contributed by atoms with van der Waals surface area (Å²) in [6, 6.07) is 9.69. The molecule has 0 radical (unpaired) electrons. The SMILES string of the molecule is COc1cc(OC)c(N[C@H](C)C(=O)Nc2ccc(Cl)cc2)cc1Cl. The Hall–Kier alpha value is -2.11. The van der Waals surface area contributed by atoms with Crippen LogP contribution in [0.2, 0.25) is 10.0 Å². The molecule has 24 heavy (non-hydrogen) atoms. The van der Waals surface area contributed by atoms with E-state index < -0.39 is 6.04 Å². The van der Waals surface area contributed by atoms with Crippen LogP contribution in [0.5, 0.6) is 11.5 Å². The summed E-state index contributed by atoms with van der Waals surface area (Å²) in [4.78, 5) is 12.3. The van der Waals surface area contributed by atoms with Crippen molar-refractivity contribution in [1.82, 2.24) is 0 Å². The maximum atomic E-state index is 12.3. The minimum Gasteiger partial charge on any atom is -0.495 e. The average molecular weight is 369 g/mol. The molecule has 0 unspecified atom stereocenters. The zero-order chi connectivity index (χ0) is 17.7. The highest BCUT2D eigenvalue weighted by molar-refractivity contribution is 6.32. The lowest BCUT2D eigenvalue weighted by Crippen LogP contribution is -2.32. The Bertz CT molecular complexity index is 721. The van der Waals surface area contributed by atoms with E-state index in [4.69, 9.17) is 32.7 Å². The minimum absolute atomic E-state index is 0.202. The summed E-state index contributed by atoms with van der Waals surface area (Å²) in [6.07, 6.45) is 0. The minimum atomic E-state index is -0.515. The molecule has 1 atom stereocenters. The first-order valence-corrected chi connectivity index (χ1v) is 7.94. The summed E-state index contributed by atoms with van der Waals surface area (Å²) >= 11 is 12.0. The number of amides is 1. The van der Waals surface area contributed by atoms with E-state index in [0.717, 1.165) is 0 Å². The van der Waals surface area contributed by atoms with Crippen LogP contribution in [0, 0.1) is 0 Å². The fourth-order valence-electron chi connectivity index (χ4n) is 2.06. The highest BCUT2D eigenvalue weighted by Crippen LogP contribution is 2.36. The predicted octanol–water partition coefficient (Wildman–Crippen LogP) is 4.45. The third kappa shape index (κ3) is 4.46. The van der Waals surface area contributed by atoms with Gasteiger partial charge in [0.05, 0.1) is 24.9 Å². The van der Waals surface area contributed by atoms with Crippen LogP contribution in [0.4, 0.5) is 11.4 Å². The van der Waals surface area contributed by atoms with E-state index in [9.17, 15) is 4.79 Å². The van der Waals surface area contributed by atoms with Gasteiger partial charge in [-0.1, -0.05) is 23.2 Å². The van der Waals surface area contributed by atoms with Crippen molar-refractivity contribution in [3.63, 3.8) is 0 Å². The molecule has 0 aliphatic heterocycles. The Morgan fingerprint density at radius 3 is 2.25 bits per heavy atom. The molecular weight excluding hydrogens is 351 g/mol. The van der Waals surface area contributed by atoms with Gasteiger partial charge < -0.3 is 20.1 Å². The molecule has 2 aromatic carbocycles. The Kier molecular flexibility index (Phi) is 6.17. The number of carbonyl (C=O) groups is 1. The lowest BCUT2D eigenvalue weighted by atomic mass is 10.2. The number of benzene rings is 2. The third-order valence-corrected chi connectivity index (χ3v) is 3.90. The number of halogens is 2. The second-order valence-electron chi connectivity index (χ2n) is 5.05. The van der Waals surface area contributed by atoms with Crippen LogP contribution in [0.25, 0.3) is 0 Å². The van der Waals surface area contributed by atoms with Crippen LogP contribution in [0.3, 0.4) is 0 Å². The Morgan fingerprint density at radius 2 is 1.67 bits per heavy atom. The fourth-order valence-corrected chi connectivity index (χ4v) is 2.42. The number of rotatable bonds is 6. The molecule has 1 amide bonds. The summed E-state index contributed by atoms with van der Waals surface area (Å²) in [6.45, 7) is 1.74. The van der Waals surface area contributed by atoms with Crippen LogP contribution in [0.1, 0.15) is 6.92 Å². The molecular formula is C17H18Cl2N2O3. The van der Waals surface area contributed by atoms with Crippen molar-refractivity contribution in [2.45, 2.75) is 13.0 Å². The van der Waals surface area contributed by atoms with E-state index in [0.29, 0.717) is 32.9 Å². The number of hydrogen-bond acceptors (Lipinski definition) is 4. The first kappa shape index (κ1) is 18.2. The largest absolute Gasteiger partial charge is 0.495 e. The Morgan fingerprint density at radius 1 is 1.04 bits per heavy atom. The van der Waals surface area contributed by atoms with Gasteiger partial charge in [0.15, 0.2) is 0 Å². The molecule has 0 fully saturated rings. The molecule has 0 saturated carbocycles. The smallest absolute Gasteiger partial charge is 0.246 e. The molecule has 0 aliphatic carbocycles. The van der Waals surface area contributed by atoms with Gasteiger partial charge in [0.25, 0.3) is 0 Å². The number of hydrogen-bond donors (Lipinski definition) is 2. The second kappa shape index (κ2) is 8.13. The van der Waals surface area contributed by atoms with Gasteiger partial charge >= 0.3 is 0 Å². The van der Waals surface area contributed by atoms with E-state index in [1.54, 1.807) is 43.3 Å². The summed E-state index contributed by atoms with van der Waals surface area (Å²) in [5, 5.41) is 6.92. The molecule has 5 nitrogen and oxygen atoms in total. The lowest BCUT2D eigenvalue weighted by Gasteiger charge is -2.18. The van der Waals surface area contributed by atoms with Gasteiger partial charge in [0.2, 0.25) is 5.91 Å². The maximum Gasteiger partial charge on any atom is 0.246 e. The zero-order valence-corrected chi connectivity index (χ0v) is 15.0. The molecule has 0 heterocycles. The van der Waals surface area contributed by atoms with Gasteiger partial charge in [0, 0.05) is 16.8 Å². The van der Waals surface area contributed by atoms with Crippen molar-refractivity contribution in [1.29, 1.82) is 0 Å². The van der Waals surface area contributed by atoms with E-state index >= 15 is 0 Å². The quantitative estimate of drug-likeness (QED) is 0.790. The van der Waals surface area contributed by atoms with Crippen molar-refractivity contribution in [3.8, 4) is 11.5 Å². The average Bonchev–Trinajstić information content (AvgIpc) is 2.57. The summed E-state index contributed by atoms with van der Waals surface area (Å²) < 4.78 is 10.5. The van der Waals surface area contributed by atoms with E-state index in [2.05, 4.69) is 10.6 Å². The summed E-state index contributed by atoms with van der Waals surface area (Å²) in [7, 11) is 3.06. The van der Waals surface area contributed by atoms with Gasteiger partial charge in [-0.05, 0) is 37.3 Å². The summed E-state index contributed by atoms with van der Waals surface area (Å²) in [5.74, 6) is 0.825. The highest BCUT2D eigenvalue weighted by atomic mass is 35.5. The maximum absolute atomic E-state index is 12.3. The molecule has 2 aromatic rings. The van der Waals surface area contributed by atoms with Crippen molar-refractivity contribution in [2.75, 3.05) is 24.9 Å². The molecule has 0 bridgehead atoms. The molecule has 0 aromatic heterocycles. The number of nitrogens with one attached hydrogen (secondary N) is 2. The monoisotopic (exact) mass is 368 g/mol. The topological polar surface area (TPSA) is 59.6 Å². The van der Waals surface area contributed by atoms with Crippen molar-refractivity contribution in [3.05, 3.63) is 46.4 Å². The van der Waals surface area contributed by atoms with Crippen LogP contribution in [-0.4, -0.2) is 26.2 Å². The molecule has 2 N–H and O–H groups in total. The Balaban J connectivity index is 2.10. The van der Waals surface area contributed by atoms with Crippen molar-refractivity contribution in [2.24, 2.45) is 0 Å². The number of methoxy groups -OCH3 is 2. The lowest BCUT2D eigenvalue weighted by molar-refractivity contribution is -0.116. The summed E-state index contributed by atoms with van der Waals surface area (Å²) in [5.41, 5.74) is 1.26. The number of ether oxygens (including phenoxy) is 2. The molecule has 0 saturated heterocycles. The Labute approximate surface area is 150 Å². The van der Waals surface area contributed by atoms with E-state index in [1.165, 1.54) is 14.2 Å². The third-order valence-electron chi connectivity index (χ3n) is 3.35. The standard InChI is InChI=1S/C17H18Cl2N2O3/c1-10(17(22)21-12-6-4-11(18)5-7-12)20-14-8-13(19)15(23-2)9-16(14)24-3/h4-10,20H,1-3H3,(H,21,22)/t10-/m1/s1. The number of anilines is 2. The predicted molar refractivity (Wildman–Crippen MR) is 97.7 cm³/mol. The van der Waals surface area contributed by atoms with Gasteiger partial charge in [-0.3, -0.25) is 4.79 Å². The van der Waals surface area contributed by atoms with Gasteiger partial charge in [-0.15, -0.1) is 0 Å². The van der Waals surface area contributed by atoms with Crippen molar-refractivity contribution < 1.29 is 14.3 Å². The number of carbonyl (C=O) groups excluding carboxylic acids is 1. The molecule has 128 valence electrons.